The predicted molar refractivity (Wildman–Crippen MR) is 53.8 cm³/mol. The third-order valence-corrected chi connectivity index (χ3v) is 2.86. The van der Waals surface area contributed by atoms with E-state index in [9.17, 15) is 0 Å². The van der Waals surface area contributed by atoms with E-state index in [-0.39, 0.29) is 18.9 Å². The Kier molecular flexibility index (Phi) is 2.96. The van der Waals surface area contributed by atoms with Crippen molar-refractivity contribution in [1.29, 1.82) is 0 Å². The predicted octanol–water partition coefficient (Wildman–Crippen LogP) is 0.488. The van der Waals surface area contributed by atoms with Gasteiger partial charge in [0.2, 0.25) is 0 Å². The molecule has 0 spiro atoms. The molecule has 0 bridgehead atoms. The number of aryl methyl sites for hydroxylation is 2. The van der Waals surface area contributed by atoms with Gasteiger partial charge in [0, 0.05) is 0 Å². The van der Waals surface area contributed by atoms with Crippen LogP contribution in [0.5, 0.6) is 0 Å². The minimum Gasteiger partial charge on any atom is -0.153 e. The van der Waals surface area contributed by atoms with Crippen molar-refractivity contribution in [3.8, 4) is 0 Å². The molecule has 0 atom stereocenters. The summed E-state index contributed by atoms with van der Waals surface area (Å²) in [5.41, 5.74) is 4.31. The van der Waals surface area contributed by atoms with Crippen LogP contribution in [0.15, 0.2) is 24.3 Å². The fourth-order valence-electron chi connectivity index (χ4n) is 1.82. The molecule has 0 saturated heterocycles. The average molecular weight is 164 g/mol. The number of hydrogen-bond donors (Lipinski definition) is 0. The van der Waals surface area contributed by atoms with Crippen molar-refractivity contribution in [3.63, 3.8) is 0 Å². The molecule has 0 heterocycles. The van der Waals surface area contributed by atoms with Gasteiger partial charge >= 0.3 is 18.9 Å². The maximum atomic E-state index is 2.20. The van der Waals surface area contributed by atoms with Gasteiger partial charge in [0.1, 0.15) is 0 Å². The fourth-order valence-corrected chi connectivity index (χ4v) is 1.82. The van der Waals surface area contributed by atoms with E-state index < -0.39 is 0 Å². The molecule has 0 amide bonds. The zero-order valence-corrected chi connectivity index (χ0v) is 8.81. The van der Waals surface area contributed by atoms with E-state index in [1.54, 1.807) is 0 Å². The van der Waals surface area contributed by atoms with Gasteiger partial charge in [-0.2, -0.15) is 5.56 Å². The summed E-state index contributed by atoms with van der Waals surface area (Å²) in [6.07, 6.45) is 0. The molecule has 0 saturated carbocycles. The second-order valence-corrected chi connectivity index (χ2v) is 3.42. The van der Waals surface area contributed by atoms with Crippen LogP contribution in [0.4, 0.5) is 0 Å². The summed E-state index contributed by atoms with van der Waals surface area (Å²) in [6.45, 7) is 6.60. The second kappa shape index (κ2) is 3.66. The first-order valence-corrected chi connectivity index (χ1v) is 4.33. The van der Waals surface area contributed by atoms with Crippen LogP contribution in [-0.2, 0) is 0 Å². The summed E-state index contributed by atoms with van der Waals surface area (Å²) < 4.78 is 0. The standard InChI is InChI=1S/C12H13.Li/c1-8-9(2)11-6-4-5-7-12(11)10(8)3;/h4-7H,1-3H3;/q-1;+1. The molecule has 0 unspecified atom stereocenters. The van der Waals surface area contributed by atoms with Crippen molar-refractivity contribution in [2.75, 3.05) is 0 Å². The molecular formula is C12H13Li. The van der Waals surface area contributed by atoms with Crippen molar-refractivity contribution in [2.45, 2.75) is 20.8 Å². The summed E-state index contributed by atoms with van der Waals surface area (Å²) in [6, 6.07) is 8.61. The molecular weight excluding hydrogens is 151 g/mol. The van der Waals surface area contributed by atoms with Gasteiger partial charge in [0.25, 0.3) is 0 Å². The van der Waals surface area contributed by atoms with Gasteiger partial charge in [0.15, 0.2) is 0 Å². The molecule has 0 nitrogen and oxygen atoms in total. The van der Waals surface area contributed by atoms with E-state index in [1.165, 1.54) is 27.5 Å². The van der Waals surface area contributed by atoms with E-state index in [1.807, 2.05) is 0 Å². The zero-order chi connectivity index (χ0) is 8.72. The van der Waals surface area contributed by atoms with Crippen LogP contribution >= 0.6 is 0 Å². The maximum Gasteiger partial charge on any atom is 1.00 e. The summed E-state index contributed by atoms with van der Waals surface area (Å²) in [7, 11) is 0. The van der Waals surface area contributed by atoms with Gasteiger partial charge < -0.3 is 0 Å². The molecule has 1 heteroatoms. The molecule has 0 radical (unpaired) electrons. The minimum absolute atomic E-state index is 0. The molecule has 2 aromatic carbocycles. The van der Waals surface area contributed by atoms with Gasteiger partial charge in [0.05, 0.1) is 0 Å². The van der Waals surface area contributed by atoms with Gasteiger partial charge in [-0.15, -0.1) is 40.1 Å². The van der Waals surface area contributed by atoms with E-state index in [4.69, 9.17) is 0 Å². The largest absolute Gasteiger partial charge is 1.00 e. The second-order valence-electron chi connectivity index (χ2n) is 3.42. The van der Waals surface area contributed by atoms with Crippen molar-refractivity contribution in [3.05, 3.63) is 41.0 Å². The first kappa shape index (κ1) is 10.5. The van der Waals surface area contributed by atoms with E-state index in [0.29, 0.717) is 0 Å². The van der Waals surface area contributed by atoms with E-state index in [0.717, 1.165) is 0 Å². The average Bonchev–Trinajstić information content (AvgIpc) is 2.33. The van der Waals surface area contributed by atoms with Crippen LogP contribution in [0, 0.1) is 20.8 Å². The Morgan fingerprint density at radius 1 is 1.08 bits per heavy atom. The molecule has 0 aliphatic rings. The Balaban J connectivity index is 0.000000845. The van der Waals surface area contributed by atoms with Gasteiger partial charge in [-0.05, 0) is 0 Å². The van der Waals surface area contributed by atoms with Crippen LogP contribution < -0.4 is 18.9 Å². The number of benzene rings is 1. The Bertz CT molecular complexity index is 385. The molecule has 0 aliphatic heterocycles. The van der Waals surface area contributed by atoms with E-state index >= 15 is 0 Å². The van der Waals surface area contributed by atoms with Gasteiger partial charge in [-0.25, -0.2) is 0 Å². The minimum atomic E-state index is 0. The van der Waals surface area contributed by atoms with Crippen LogP contribution in [0.3, 0.4) is 0 Å². The normalized spacial score (nSPS) is 10.1. The third kappa shape index (κ3) is 1.45. The SMILES string of the molecule is Cc1c(C)[c-](C)c2ccccc12.[Li+]. The number of hydrogen-bond acceptors (Lipinski definition) is 0. The van der Waals surface area contributed by atoms with E-state index in [2.05, 4.69) is 45.0 Å². The summed E-state index contributed by atoms with van der Waals surface area (Å²) in [5, 5.41) is 2.82. The van der Waals surface area contributed by atoms with Crippen LogP contribution in [0.25, 0.3) is 10.8 Å². The van der Waals surface area contributed by atoms with Crippen LogP contribution in [-0.4, -0.2) is 0 Å². The molecule has 62 valence electrons. The number of rotatable bonds is 0. The zero-order valence-electron chi connectivity index (χ0n) is 8.81. The maximum absolute atomic E-state index is 2.20. The van der Waals surface area contributed by atoms with Gasteiger partial charge in [-0.3, -0.25) is 0 Å². The Morgan fingerprint density at radius 3 is 2.31 bits per heavy atom. The van der Waals surface area contributed by atoms with Crippen molar-refractivity contribution < 1.29 is 18.9 Å². The summed E-state index contributed by atoms with van der Waals surface area (Å²) >= 11 is 0. The molecule has 0 fully saturated rings. The number of fused-ring (bicyclic) bond motifs is 1. The molecule has 0 N–H and O–H groups in total. The monoisotopic (exact) mass is 164 g/mol. The van der Waals surface area contributed by atoms with Crippen molar-refractivity contribution in [2.24, 2.45) is 0 Å². The molecule has 2 rings (SSSR count). The first-order valence-electron chi connectivity index (χ1n) is 4.33. The Hall–Kier alpha value is -0.573. The first-order chi connectivity index (χ1) is 5.72. The fraction of sp³-hybridized carbons (Fsp3) is 0.250. The molecule has 0 aliphatic carbocycles. The smallest absolute Gasteiger partial charge is 0.153 e. The molecule has 2 aromatic rings. The summed E-state index contributed by atoms with van der Waals surface area (Å²) in [5.74, 6) is 0. The topological polar surface area (TPSA) is 0 Å². The quantitative estimate of drug-likeness (QED) is 0.392. The van der Waals surface area contributed by atoms with Crippen LogP contribution in [0.1, 0.15) is 16.7 Å². The van der Waals surface area contributed by atoms with Gasteiger partial charge in [-0.1, -0.05) is 26.8 Å². The molecule has 0 aromatic heterocycles. The third-order valence-electron chi connectivity index (χ3n) is 2.86. The van der Waals surface area contributed by atoms with Crippen molar-refractivity contribution in [1.82, 2.24) is 0 Å². The molecule has 13 heavy (non-hydrogen) atoms. The van der Waals surface area contributed by atoms with Crippen LogP contribution in [0.2, 0.25) is 0 Å². The summed E-state index contributed by atoms with van der Waals surface area (Å²) in [4.78, 5) is 0. The van der Waals surface area contributed by atoms with Crippen molar-refractivity contribution >= 4 is 10.8 Å². The Labute approximate surface area is 91.5 Å². The Morgan fingerprint density at radius 2 is 1.69 bits per heavy atom.